The van der Waals surface area contributed by atoms with Crippen molar-refractivity contribution in [3.8, 4) is 5.75 Å². The number of rotatable bonds is 6. The van der Waals surface area contributed by atoms with Gasteiger partial charge in [-0.05, 0) is 55.0 Å². The first-order valence-electron chi connectivity index (χ1n) is 10.8. The van der Waals surface area contributed by atoms with Crippen molar-refractivity contribution < 1.29 is 24.0 Å². The molecule has 2 aliphatic rings. The number of hydrogen-bond donors (Lipinski definition) is 0. The molecule has 3 aromatic carbocycles. The summed E-state index contributed by atoms with van der Waals surface area (Å²) in [7, 11) is 0. The van der Waals surface area contributed by atoms with Crippen LogP contribution >= 0.6 is 15.9 Å². The standard InChI is InChI=1S/C25H18BrN3O6/c1-2-35-17-12-6-14(7-13-17)21-22(25(32)27(21)16-10-8-15(26)9-11-16)28-23(30)18-4-3-5-19(29(33)34)20(18)24(28)31/h3-13,21-22H,2H2,1H3. The Bertz CT molecular complexity index is 1370. The van der Waals surface area contributed by atoms with Crippen LogP contribution in [0.2, 0.25) is 0 Å². The monoisotopic (exact) mass is 535 g/mol. The molecule has 2 heterocycles. The van der Waals surface area contributed by atoms with Gasteiger partial charge in [0.15, 0.2) is 0 Å². The quantitative estimate of drug-likeness (QED) is 0.199. The summed E-state index contributed by atoms with van der Waals surface area (Å²) in [6, 6.07) is 16.2. The van der Waals surface area contributed by atoms with Crippen molar-refractivity contribution >= 4 is 45.0 Å². The molecule has 2 atom stereocenters. The van der Waals surface area contributed by atoms with Crippen LogP contribution in [0.1, 0.15) is 39.2 Å². The Morgan fingerprint density at radius 3 is 2.23 bits per heavy atom. The first-order chi connectivity index (χ1) is 16.8. The molecule has 0 aromatic heterocycles. The van der Waals surface area contributed by atoms with Gasteiger partial charge in [-0.2, -0.15) is 0 Å². The normalized spacial score (nSPS) is 19.0. The lowest BCUT2D eigenvalue weighted by Crippen LogP contribution is -2.67. The molecule has 3 amide bonds. The van der Waals surface area contributed by atoms with Gasteiger partial charge >= 0.3 is 0 Å². The van der Waals surface area contributed by atoms with E-state index in [2.05, 4.69) is 15.9 Å². The van der Waals surface area contributed by atoms with E-state index < -0.39 is 40.4 Å². The van der Waals surface area contributed by atoms with Crippen molar-refractivity contribution in [3.63, 3.8) is 0 Å². The second kappa shape index (κ2) is 8.62. The van der Waals surface area contributed by atoms with Crippen molar-refractivity contribution in [2.75, 3.05) is 11.5 Å². The maximum Gasteiger partial charge on any atom is 0.282 e. The van der Waals surface area contributed by atoms with E-state index in [1.54, 1.807) is 48.5 Å². The van der Waals surface area contributed by atoms with Gasteiger partial charge in [0.25, 0.3) is 23.4 Å². The first kappa shape index (κ1) is 22.7. The molecule has 10 heteroatoms. The number of anilines is 1. The number of halogens is 1. The molecule has 2 unspecified atom stereocenters. The zero-order valence-corrected chi connectivity index (χ0v) is 20.0. The molecule has 1 saturated heterocycles. The Balaban J connectivity index is 1.58. The van der Waals surface area contributed by atoms with E-state index in [1.807, 2.05) is 6.92 Å². The number of hydrogen-bond acceptors (Lipinski definition) is 6. The number of ether oxygens (including phenoxy) is 1. The third-order valence-electron chi connectivity index (χ3n) is 6.10. The van der Waals surface area contributed by atoms with E-state index in [0.29, 0.717) is 23.6 Å². The zero-order valence-electron chi connectivity index (χ0n) is 18.4. The molecular weight excluding hydrogens is 518 g/mol. The van der Waals surface area contributed by atoms with Gasteiger partial charge in [0.2, 0.25) is 0 Å². The number of nitro groups is 1. The predicted octanol–water partition coefficient (Wildman–Crippen LogP) is 4.51. The fourth-order valence-corrected chi connectivity index (χ4v) is 4.83. The highest BCUT2D eigenvalue weighted by Gasteiger charge is 2.58. The Hall–Kier alpha value is -4.05. The second-order valence-electron chi connectivity index (χ2n) is 8.01. The summed E-state index contributed by atoms with van der Waals surface area (Å²) >= 11 is 3.38. The molecule has 1 fully saturated rings. The number of carbonyl (C=O) groups is 3. The minimum Gasteiger partial charge on any atom is -0.494 e. The Morgan fingerprint density at radius 2 is 1.60 bits per heavy atom. The number of benzene rings is 3. The van der Waals surface area contributed by atoms with Crippen LogP contribution in [-0.4, -0.2) is 40.2 Å². The van der Waals surface area contributed by atoms with Crippen molar-refractivity contribution in [2.45, 2.75) is 19.0 Å². The van der Waals surface area contributed by atoms with Crippen molar-refractivity contribution in [3.05, 3.63) is 98.0 Å². The van der Waals surface area contributed by atoms with Gasteiger partial charge in [-0.15, -0.1) is 0 Å². The second-order valence-corrected chi connectivity index (χ2v) is 8.93. The van der Waals surface area contributed by atoms with Gasteiger partial charge in [-0.1, -0.05) is 34.1 Å². The molecule has 0 aliphatic carbocycles. The highest BCUT2D eigenvalue weighted by Crippen LogP contribution is 2.45. The number of amides is 3. The van der Waals surface area contributed by atoms with E-state index in [-0.39, 0.29) is 11.1 Å². The van der Waals surface area contributed by atoms with Crippen LogP contribution < -0.4 is 9.64 Å². The number of nitrogens with zero attached hydrogens (tertiary/aromatic N) is 3. The Kier molecular flexibility index (Phi) is 5.60. The summed E-state index contributed by atoms with van der Waals surface area (Å²) in [6.45, 7) is 2.36. The maximum absolute atomic E-state index is 13.5. The van der Waals surface area contributed by atoms with Crippen LogP contribution in [0.15, 0.2) is 71.2 Å². The van der Waals surface area contributed by atoms with Gasteiger partial charge in [-0.3, -0.25) is 29.4 Å². The van der Waals surface area contributed by atoms with Crippen LogP contribution in [0.5, 0.6) is 5.75 Å². The summed E-state index contributed by atoms with van der Waals surface area (Å²) in [4.78, 5) is 53.2. The van der Waals surface area contributed by atoms with Crippen molar-refractivity contribution in [2.24, 2.45) is 0 Å². The highest BCUT2D eigenvalue weighted by atomic mass is 79.9. The minimum absolute atomic E-state index is 0.0791. The molecule has 0 bridgehead atoms. The number of nitro benzene ring substituents is 1. The summed E-state index contributed by atoms with van der Waals surface area (Å²) in [5, 5.41) is 11.5. The van der Waals surface area contributed by atoms with E-state index in [0.717, 1.165) is 9.37 Å². The fourth-order valence-electron chi connectivity index (χ4n) is 4.56. The largest absolute Gasteiger partial charge is 0.494 e. The summed E-state index contributed by atoms with van der Waals surface area (Å²) < 4.78 is 6.34. The lowest BCUT2D eigenvalue weighted by atomic mass is 9.86. The molecule has 5 rings (SSSR count). The summed E-state index contributed by atoms with van der Waals surface area (Å²) in [5.41, 5.74) is 0.452. The predicted molar refractivity (Wildman–Crippen MR) is 129 cm³/mol. The van der Waals surface area contributed by atoms with E-state index in [4.69, 9.17) is 4.74 Å². The van der Waals surface area contributed by atoms with Crippen molar-refractivity contribution in [1.29, 1.82) is 0 Å². The number of imide groups is 1. The molecule has 0 spiro atoms. The molecule has 9 nitrogen and oxygen atoms in total. The molecule has 0 radical (unpaired) electrons. The highest BCUT2D eigenvalue weighted by molar-refractivity contribution is 9.10. The first-order valence-corrected chi connectivity index (χ1v) is 11.6. The average molecular weight is 536 g/mol. The van der Waals surface area contributed by atoms with Gasteiger partial charge < -0.3 is 9.64 Å². The Labute approximate surface area is 208 Å². The minimum atomic E-state index is -1.15. The molecular formula is C25H18BrN3O6. The smallest absolute Gasteiger partial charge is 0.282 e. The SMILES string of the molecule is CCOc1ccc(C2C(N3C(=O)c4cccc([N+](=O)[O-])c4C3=O)C(=O)N2c2ccc(Br)cc2)cc1. The summed E-state index contributed by atoms with van der Waals surface area (Å²) in [6.07, 6.45) is 0. The molecule has 0 saturated carbocycles. The van der Waals surface area contributed by atoms with E-state index >= 15 is 0 Å². The van der Waals surface area contributed by atoms with Crippen LogP contribution in [0.25, 0.3) is 0 Å². The molecule has 35 heavy (non-hydrogen) atoms. The van der Waals surface area contributed by atoms with Crippen LogP contribution in [0, 0.1) is 10.1 Å². The molecule has 2 aliphatic heterocycles. The summed E-state index contributed by atoms with van der Waals surface area (Å²) in [5.74, 6) is -1.38. The lowest BCUT2D eigenvalue weighted by Gasteiger charge is -2.49. The van der Waals surface area contributed by atoms with E-state index in [1.165, 1.54) is 23.1 Å². The molecule has 3 aromatic rings. The van der Waals surface area contributed by atoms with Gasteiger partial charge in [0.05, 0.1) is 23.1 Å². The van der Waals surface area contributed by atoms with Gasteiger partial charge in [-0.25, -0.2) is 0 Å². The number of carbonyl (C=O) groups excluding carboxylic acids is 3. The van der Waals surface area contributed by atoms with Crippen molar-refractivity contribution in [1.82, 2.24) is 4.90 Å². The van der Waals surface area contributed by atoms with Crippen LogP contribution in [-0.2, 0) is 4.79 Å². The van der Waals surface area contributed by atoms with Crippen LogP contribution in [0.4, 0.5) is 11.4 Å². The van der Waals surface area contributed by atoms with Gasteiger partial charge in [0.1, 0.15) is 17.4 Å². The number of β-lactam (4-membered cyclic amide) rings is 1. The van der Waals surface area contributed by atoms with E-state index in [9.17, 15) is 24.5 Å². The third kappa shape index (κ3) is 3.57. The zero-order chi connectivity index (χ0) is 24.9. The topological polar surface area (TPSA) is 110 Å². The average Bonchev–Trinajstić information content (AvgIpc) is 3.10. The maximum atomic E-state index is 13.5. The van der Waals surface area contributed by atoms with Gasteiger partial charge in [0, 0.05) is 16.2 Å². The molecule has 0 N–H and O–H groups in total. The third-order valence-corrected chi connectivity index (χ3v) is 6.63. The number of fused-ring (bicyclic) bond motifs is 1. The Morgan fingerprint density at radius 1 is 0.914 bits per heavy atom. The molecule has 176 valence electrons. The van der Waals surface area contributed by atoms with Crippen LogP contribution in [0.3, 0.4) is 0 Å². The fraction of sp³-hybridized carbons (Fsp3) is 0.160. The lowest BCUT2D eigenvalue weighted by molar-refractivity contribution is -0.385.